The average molecular weight is 223 g/mol. The molecule has 0 bridgehead atoms. The van der Waals surface area contributed by atoms with Crippen LogP contribution in [-0.4, -0.2) is 26.2 Å². The van der Waals surface area contributed by atoms with Crippen LogP contribution < -0.4 is 5.32 Å². The molecule has 0 radical (unpaired) electrons. The Morgan fingerprint density at radius 3 is 2.81 bits per heavy atom. The maximum Gasteiger partial charge on any atom is 0.188 e. The van der Waals surface area contributed by atoms with Gasteiger partial charge in [0, 0.05) is 6.04 Å². The van der Waals surface area contributed by atoms with Crippen LogP contribution in [0.2, 0.25) is 0 Å². The summed E-state index contributed by atoms with van der Waals surface area (Å²) in [7, 11) is 1.79. The van der Waals surface area contributed by atoms with Crippen molar-refractivity contribution in [1.82, 2.24) is 25.5 Å². The summed E-state index contributed by atoms with van der Waals surface area (Å²) >= 11 is 0. The Balaban J connectivity index is 1.81. The Morgan fingerprint density at radius 2 is 2.19 bits per heavy atom. The molecule has 1 saturated carbocycles. The van der Waals surface area contributed by atoms with Crippen molar-refractivity contribution in [2.75, 3.05) is 0 Å². The van der Waals surface area contributed by atoms with Gasteiger partial charge in [0.2, 0.25) is 0 Å². The van der Waals surface area contributed by atoms with Crippen LogP contribution in [-0.2, 0) is 13.6 Å². The van der Waals surface area contributed by atoms with E-state index >= 15 is 0 Å². The van der Waals surface area contributed by atoms with E-state index in [2.05, 4.69) is 34.6 Å². The third kappa shape index (κ3) is 2.78. The fourth-order valence-electron chi connectivity index (χ4n) is 2.59. The second kappa shape index (κ2) is 4.91. The molecule has 3 unspecified atom stereocenters. The van der Waals surface area contributed by atoms with Crippen LogP contribution in [0.15, 0.2) is 0 Å². The molecule has 5 heteroatoms. The molecule has 1 aromatic heterocycles. The first-order valence-electron chi connectivity index (χ1n) is 6.11. The molecular formula is C11H21N5. The normalized spacial score (nSPS) is 30.6. The van der Waals surface area contributed by atoms with Crippen molar-refractivity contribution in [1.29, 1.82) is 0 Å². The van der Waals surface area contributed by atoms with E-state index in [4.69, 9.17) is 0 Å². The van der Waals surface area contributed by atoms with Crippen LogP contribution in [0.4, 0.5) is 0 Å². The van der Waals surface area contributed by atoms with Gasteiger partial charge < -0.3 is 5.32 Å². The molecule has 1 aliphatic carbocycles. The van der Waals surface area contributed by atoms with Gasteiger partial charge in [0.05, 0.1) is 13.6 Å². The summed E-state index contributed by atoms with van der Waals surface area (Å²) in [6.07, 6.45) is 3.92. The first-order valence-corrected chi connectivity index (χ1v) is 6.11. The van der Waals surface area contributed by atoms with Crippen molar-refractivity contribution >= 4 is 0 Å². The van der Waals surface area contributed by atoms with Crippen LogP contribution >= 0.6 is 0 Å². The first-order chi connectivity index (χ1) is 7.65. The predicted octanol–water partition coefficient (Wildman–Crippen LogP) is 1.12. The number of rotatable bonds is 3. The molecular weight excluding hydrogens is 202 g/mol. The van der Waals surface area contributed by atoms with Crippen molar-refractivity contribution in [2.24, 2.45) is 18.9 Å². The maximum absolute atomic E-state index is 4.17. The van der Waals surface area contributed by atoms with Gasteiger partial charge in [-0.3, -0.25) is 0 Å². The zero-order chi connectivity index (χ0) is 11.5. The smallest absolute Gasteiger partial charge is 0.188 e. The molecule has 1 N–H and O–H groups in total. The highest BCUT2D eigenvalue weighted by Gasteiger charge is 2.24. The molecule has 0 aliphatic heterocycles. The summed E-state index contributed by atoms with van der Waals surface area (Å²) < 4.78 is 0. The fourth-order valence-corrected chi connectivity index (χ4v) is 2.59. The van der Waals surface area contributed by atoms with Crippen LogP contribution in [0.1, 0.15) is 38.9 Å². The summed E-state index contributed by atoms with van der Waals surface area (Å²) in [5, 5.41) is 15.5. The lowest BCUT2D eigenvalue weighted by atomic mass is 9.80. The first kappa shape index (κ1) is 11.5. The third-order valence-corrected chi connectivity index (χ3v) is 3.50. The Kier molecular flexibility index (Phi) is 3.53. The van der Waals surface area contributed by atoms with Crippen molar-refractivity contribution in [3.8, 4) is 0 Å². The Morgan fingerprint density at radius 1 is 1.38 bits per heavy atom. The molecule has 0 amide bonds. The minimum Gasteiger partial charge on any atom is -0.307 e. The Hall–Kier alpha value is -0.970. The van der Waals surface area contributed by atoms with Gasteiger partial charge in [-0.2, -0.15) is 4.80 Å². The molecule has 90 valence electrons. The van der Waals surface area contributed by atoms with E-state index in [0.717, 1.165) is 24.2 Å². The van der Waals surface area contributed by atoms with Gasteiger partial charge in [-0.25, -0.2) is 0 Å². The number of hydrogen-bond donors (Lipinski definition) is 1. The van der Waals surface area contributed by atoms with Gasteiger partial charge in [-0.05, 0) is 36.3 Å². The molecule has 1 aromatic rings. The van der Waals surface area contributed by atoms with E-state index in [9.17, 15) is 0 Å². The topological polar surface area (TPSA) is 55.6 Å². The van der Waals surface area contributed by atoms with Crippen molar-refractivity contribution in [3.63, 3.8) is 0 Å². The van der Waals surface area contributed by atoms with Crippen molar-refractivity contribution in [2.45, 2.75) is 45.7 Å². The lowest BCUT2D eigenvalue weighted by Crippen LogP contribution is -2.38. The van der Waals surface area contributed by atoms with E-state index in [1.165, 1.54) is 24.1 Å². The summed E-state index contributed by atoms with van der Waals surface area (Å²) in [5.74, 6) is 2.41. The highest BCUT2D eigenvalue weighted by molar-refractivity contribution is 4.84. The van der Waals surface area contributed by atoms with Gasteiger partial charge in [0.15, 0.2) is 5.82 Å². The lowest BCUT2D eigenvalue weighted by Gasteiger charge is -2.33. The molecule has 0 spiro atoms. The lowest BCUT2D eigenvalue weighted by molar-refractivity contribution is 0.226. The zero-order valence-electron chi connectivity index (χ0n) is 10.3. The predicted molar refractivity (Wildman–Crippen MR) is 61.6 cm³/mol. The highest BCUT2D eigenvalue weighted by Crippen LogP contribution is 2.28. The second-order valence-corrected chi connectivity index (χ2v) is 5.08. The van der Waals surface area contributed by atoms with Gasteiger partial charge in [-0.15, -0.1) is 10.2 Å². The second-order valence-electron chi connectivity index (χ2n) is 5.08. The quantitative estimate of drug-likeness (QED) is 0.834. The monoisotopic (exact) mass is 223 g/mol. The van der Waals surface area contributed by atoms with Gasteiger partial charge in [0.1, 0.15) is 0 Å². The number of hydrogen-bond acceptors (Lipinski definition) is 4. The SMILES string of the molecule is CC1CCC(NCc2nnn(C)n2)C(C)C1. The van der Waals surface area contributed by atoms with Gasteiger partial charge in [0.25, 0.3) is 0 Å². The van der Waals surface area contributed by atoms with Gasteiger partial charge in [-0.1, -0.05) is 13.8 Å². The Bertz CT molecular complexity index is 335. The highest BCUT2D eigenvalue weighted by atomic mass is 15.6. The van der Waals surface area contributed by atoms with Crippen molar-refractivity contribution < 1.29 is 0 Å². The summed E-state index contributed by atoms with van der Waals surface area (Å²) in [6.45, 7) is 5.41. The van der Waals surface area contributed by atoms with E-state index in [-0.39, 0.29) is 0 Å². The molecule has 0 aromatic carbocycles. The number of tetrazole rings is 1. The molecule has 16 heavy (non-hydrogen) atoms. The fraction of sp³-hybridized carbons (Fsp3) is 0.909. The number of aryl methyl sites for hydroxylation is 1. The molecule has 3 atom stereocenters. The molecule has 1 fully saturated rings. The molecule has 1 aliphatic rings. The van der Waals surface area contributed by atoms with Crippen LogP contribution in [0.3, 0.4) is 0 Å². The largest absolute Gasteiger partial charge is 0.307 e. The number of nitrogens with zero attached hydrogens (tertiary/aromatic N) is 4. The molecule has 0 saturated heterocycles. The summed E-state index contributed by atoms with van der Waals surface area (Å²) in [6, 6.07) is 0.611. The van der Waals surface area contributed by atoms with Crippen LogP contribution in [0.5, 0.6) is 0 Å². The molecule has 2 rings (SSSR count). The Labute approximate surface area is 96.6 Å². The number of nitrogens with one attached hydrogen (secondary N) is 1. The zero-order valence-corrected chi connectivity index (χ0v) is 10.3. The standard InChI is InChI=1S/C11H21N5/c1-8-4-5-10(9(2)6-8)12-7-11-13-15-16(3)14-11/h8-10,12H,4-7H2,1-3H3. The van der Waals surface area contributed by atoms with Crippen LogP contribution in [0, 0.1) is 11.8 Å². The third-order valence-electron chi connectivity index (χ3n) is 3.50. The molecule has 1 heterocycles. The minimum atomic E-state index is 0.611. The number of aromatic nitrogens is 4. The van der Waals surface area contributed by atoms with Crippen molar-refractivity contribution in [3.05, 3.63) is 5.82 Å². The minimum absolute atomic E-state index is 0.611. The van der Waals surface area contributed by atoms with Gasteiger partial charge >= 0.3 is 0 Å². The van der Waals surface area contributed by atoms with E-state index in [1.807, 2.05) is 0 Å². The van der Waals surface area contributed by atoms with E-state index in [0.29, 0.717) is 6.04 Å². The van der Waals surface area contributed by atoms with E-state index < -0.39 is 0 Å². The van der Waals surface area contributed by atoms with Crippen LogP contribution in [0.25, 0.3) is 0 Å². The summed E-state index contributed by atoms with van der Waals surface area (Å²) in [4.78, 5) is 1.50. The van der Waals surface area contributed by atoms with E-state index in [1.54, 1.807) is 7.05 Å². The molecule has 5 nitrogen and oxygen atoms in total. The summed E-state index contributed by atoms with van der Waals surface area (Å²) in [5.41, 5.74) is 0. The maximum atomic E-state index is 4.17. The average Bonchev–Trinajstić information content (AvgIpc) is 2.63.